The van der Waals surface area contributed by atoms with Crippen LogP contribution in [0.2, 0.25) is 0 Å². The van der Waals surface area contributed by atoms with E-state index in [0.717, 1.165) is 24.1 Å². The van der Waals surface area contributed by atoms with E-state index >= 15 is 0 Å². The van der Waals surface area contributed by atoms with Gasteiger partial charge in [0.2, 0.25) is 0 Å². The monoisotopic (exact) mass is 231 g/mol. The van der Waals surface area contributed by atoms with E-state index in [1.165, 1.54) is 6.33 Å². The first kappa shape index (κ1) is 10.2. The van der Waals surface area contributed by atoms with Crippen molar-refractivity contribution in [3.63, 3.8) is 0 Å². The minimum absolute atomic E-state index is 0.260. The molecule has 88 valence electrons. The van der Waals surface area contributed by atoms with E-state index in [2.05, 4.69) is 15.0 Å². The largest absolute Gasteiger partial charge is 0.389 e. The Kier molecular flexibility index (Phi) is 2.29. The smallest absolute Gasteiger partial charge is 0.165 e. The van der Waals surface area contributed by atoms with Gasteiger partial charge in [-0.15, -0.1) is 0 Å². The minimum atomic E-state index is -0.260. The van der Waals surface area contributed by atoms with Crippen molar-refractivity contribution >= 4 is 17.0 Å². The summed E-state index contributed by atoms with van der Waals surface area (Å²) in [5, 5.41) is 9.45. The van der Waals surface area contributed by atoms with Crippen LogP contribution >= 0.6 is 0 Å². The molecule has 2 aromatic rings. The van der Waals surface area contributed by atoms with Gasteiger partial charge in [-0.25, -0.2) is 15.0 Å². The molecule has 3 rings (SSSR count). The van der Waals surface area contributed by atoms with Crippen molar-refractivity contribution in [1.29, 1.82) is 0 Å². The molecule has 0 saturated heterocycles. The highest BCUT2D eigenvalue weighted by molar-refractivity contribution is 5.81. The molecule has 0 aromatic carbocycles. The number of anilines is 1. The van der Waals surface area contributed by atoms with Crippen LogP contribution in [0.1, 0.15) is 12.8 Å². The van der Waals surface area contributed by atoms with E-state index in [4.69, 9.17) is 5.73 Å². The highest BCUT2D eigenvalue weighted by Crippen LogP contribution is 2.26. The zero-order valence-electron chi connectivity index (χ0n) is 9.24. The lowest BCUT2D eigenvalue weighted by Gasteiger charge is -2.24. The molecule has 1 aliphatic rings. The quantitative estimate of drug-likeness (QED) is 0.734. The van der Waals surface area contributed by atoms with Gasteiger partial charge in [0.15, 0.2) is 11.5 Å². The van der Waals surface area contributed by atoms with Crippen molar-refractivity contribution < 1.29 is 5.11 Å². The molecular formula is C11H13N5O. The Morgan fingerprint density at radius 3 is 3.06 bits per heavy atom. The van der Waals surface area contributed by atoms with E-state index < -0.39 is 0 Å². The van der Waals surface area contributed by atoms with Gasteiger partial charge in [-0.05, 0) is 18.4 Å². The first-order valence-corrected chi connectivity index (χ1v) is 5.54. The van der Waals surface area contributed by atoms with Gasteiger partial charge >= 0.3 is 0 Å². The standard InChI is InChI=1S/C11H13N5O/c12-10-9-11(14-5-13-10)16(6-15-9)4-3-7-1-2-8(7)17/h3,5-6,8,17H,1-2,4H2,(H2,12,13,14)/b7-3-. The van der Waals surface area contributed by atoms with Crippen LogP contribution in [0.3, 0.4) is 0 Å². The molecule has 0 radical (unpaired) electrons. The fraction of sp³-hybridized carbons (Fsp3) is 0.364. The van der Waals surface area contributed by atoms with Gasteiger partial charge in [0.25, 0.3) is 0 Å². The van der Waals surface area contributed by atoms with Crippen molar-refractivity contribution in [2.75, 3.05) is 5.73 Å². The molecule has 1 aliphatic carbocycles. The summed E-state index contributed by atoms with van der Waals surface area (Å²) in [7, 11) is 0. The van der Waals surface area contributed by atoms with Gasteiger partial charge in [0.1, 0.15) is 11.8 Å². The predicted octanol–water partition coefficient (Wildman–Crippen LogP) is 0.490. The predicted molar refractivity (Wildman–Crippen MR) is 63.1 cm³/mol. The number of rotatable bonds is 2. The summed E-state index contributed by atoms with van der Waals surface area (Å²) in [4.78, 5) is 12.2. The summed E-state index contributed by atoms with van der Waals surface area (Å²) in [6, 6.07) is 0. The number of hydrogen-bond acceptors (Lipinski definition) is 5. The molecule has 1 saturated carbocycles. The first-order chi connectivity index (χ1) is 8.25. The van der Waals surface area contributed by atoms with Crippen molar-refractivity contribution in [2.24, 2.45) is 0 Å². The van der Waals surface area contributed by atoms with Gasteiger partial charge in [-0.3, -0.25) is 0 Å². The number of aliphatic hydroxyl groups is 1. The maximum Gasteiger partial charge on any atom is 0.165 e. The summed E-state index contributed by atoms with van der Waals surface area (Å²) in [6.07, 6.45) is 6.73. The molecule has 17 heavy (non-hydrogen) atoms. The van der Waals surface area contributed by atoms with E-state index in [9.17, 15) is 5.11 Å². The molecule has 0 spiro atoms. The fourth-order valence-corrected chi connectivity index (χ4v) is 1.93. The van der Waals surface area contributed by atoms with Crippen molar-refractivity contribution in [3.8, 4) is 0 Å². The lowest BCUT2D eigenvalue weighted by Crippen LogP contribution is -2.21. The number of hydrogen-bond donors (Lipinski definition) is 2. The average Bonchev–Trinajstić information content (AvgIpc) is 2.72. The Bertz CT molecular complexity index is 589. The second kappa shape index (κ2) is 3.81. The maximum absolute atomic E-state index is 9.45. The number of fused-ring (bicyclic) bond motifs is 1. The molecule has 2 aromatic heterocycles. The first-order valence-electron chi connectivity index (χ1n) is 5.54. The van der Waals surface area contributed by atoms with Crippen LogP contribution in [0.25, 0.3) is 11.2 Å². The molecular weight excluding hydrogens is 218 g/mol. The molecule has 0 bridgehead atoms. The Morgan fingerprint density at radius 1 is 1.47 bits per heavy atom. The summed E-state index contributed by atoms with van der Waals surface area (Å²) in [5.74, 6) is 0.394. The lowest BCUT2D eigenvalue weighted by atomic mass is 9.88. The zero-order chi connectivity index (χ0) is 11.8. The summed E-state index contributed by atoms with van der Waals surface area (Å²) < 4.78 is 1.89. The van der Waals surface area contributed by atoms with E-state index in [1.54, 1.807) is 6.33 Å². The van der Waals surface area contributed by atoms with Gasteiger partial charge in [-0.1, -0.05) is 6.08 Å². The van der Waals surface area contributed by atoms with Crippen LogP contribution in [0, 0.1) is 0 Å². The minimum Gasteiger partial charge on any atom is -0.389 e. The zero-order valence-corrected chi connectivity index (χ0v) is 9.24. The topological polar surface area (TPSA) is 89.9 Å². The Labute approximate surface area is 97.8 Å². The molecule has 0 aliphatic heterocycles. The van der Waals surface area contributed by atoms with E-state index in [0.29, 0.717) is 17.9 Å². The summed E-state index contributed by atoms with van der Waals surface area (Å²) >= 11 is 0. The van der Waals surface area contributed by atoms with Crippen LogP contribution in [-0.2, 0) is 6.54 Å². The second-order valence-electron chi connectivity index (χ2n) is 4.16. The third-order valence-electron chi connectivity index (χ3n) is 3.11. The highest BCUT2D eigenvalue weighted by Gasteiger charge is 2.20. The Balaban J connectivity index is 1.91. The SMILES string of the molecule is Nc1ncnc2c1ncn2C/C=C1/CCC1O. The van der Waals surface area contributed by atoms with Gasteiger partial charge in [0, 0.05) is 6.54 Å². The van der Waals surface area contributed by atoms with Crippen LogP contribution in [-0.4, -0.2) is 30.7 Å². The number of aromatic nitrogens is 4. The molecule has 6 nitrogen and oxygen atoms in total. The molecule has 0 amide bonds. The molecule has 6 heteroatoms. The van der Waals surface area contributed by atoms with Crippen molar-refractivity contribution in [2.45, 2.75) is 25.5 Å². The maximum atomic E-state index is 9.45. The number of allylic oxidation sites excluding steroid dienone is 1. The Hall–Kier alpha value is -1.95. The van der Waals surface area contributed by atoms with Gasteiger partial charge in [-0.2, -0.15) is 0 Å². The van der Waals surface area contributed by atoms with Crippen molar-refractivity contribution in [3.05, 3.63) is 24.3 Å². The molecule has 1 fully saturated rings. The number of nitrogens with two attached hydrogens (primary N) is 1. The van der Waals surface area contributed by atoms with E-state index in [1.807, 2.05) is 10.6 Å². The molecule has 3 N–H and O–H groups in total. The van der Waals surface area contributed by atoms with Gasteiger partial charge in [0.05, 0.1) is 12.4 Å². The van der Waals surface area contributed by atoms with Crippen LogP contribution < -0.4 is 5.73 Å². The Morgan fingerprint density at radius 2 is 2.35 bits per heavy atom. The summed E-state index contributed by atoms with van der Waals surface area (Å²) in [6.45, 7) is 0.652. The van der Waals surface area contributed by atoms with Gasteiger partial charge < -0.3 is 15.4 Å². The third kappa shape index (κ3) is 1.66. The number of aliphatic hydroxyl groups excluding tert-OH is 1. The van der Waals surface area contributed by atoms with Crippen LogP contribution in [0.5, 0.6) is 0 Å². The lowest BCUT2D eigenvalue weighted by molar-refractivity contribution is 0.156. The fourth-order valence-electron chi connectivity index (χ4n) is 1.93. The average molecular weight is 231 g/mol. The third-order valence-corrected chi connectivity index (χ3v) is 3.11. The molecule has 2 heterocycles. The van der Waals surface area contributed by atoms with Crippen molar-refractivity contribution in [1.82, 2.24) is 19.5 Å². The number of nitrogen functional groups attached to an aromatic ring is 1. The van der Waals surface area contributed by atoms with E-state index in [-0.39, 0.29) is 6.10 Å². The summed E-state index contributed by atoms with van der Waals surface area (Å²) in [5.41, 5.74) is 8.14. The molecule has 1 unspecified atom stereocenters. The van der Waals surface area contributed by atoms with Crippen LogP contribution in [0.4, 0.5) is 5.82 Å². The van der Waals surface area contributed by atoms with Crippen LogP contribution in [0.15, 0.2) is 24.3 Å². The second-order valence-corrected chi connectivity index (χ2v) is 4.16. The number of nitrogens with zero attached hydrogens (tertiary/aromatic N) is 4. The highest BCUT2D eigenvalue weighted by atomic mass is 16.3. The number of imidazole rings is 1. The molecule has 1 atom stereocenters. The normalized spacial score (nSPS) is 21.9.